The van der Waals surface area contributed by atoms with E-state index in [9.17, 15) is 24.5 Å². The molecule has 0 unspecified atom stereocenters. The Hall–Kier alpha value is -1.70. The Kier molecular flexibility index (Phi) is 7.86. The number of benzene rings is 1. The number of Topliss-reactive ketones (excluding diaryl/α,β-unsaturated/α-hetero) is 2. The number of hydrogen-bond donors (Lipinski definition) is 0. The summed E-state index contributed by atoms with van der Waals surface area (Å²) in [4.78, 5) is 45.1. The van der Waals surface area contributed by atoms with E-state index in [1.807, 2.05) is 0 Å². The molecule has 0 aliphatic rings. The summed E-state index contributed by atoms with van der Waals surface area (Å²) in [6.07, 6.45) is 0. The fourth-order valence-corrected chi connectivity index (χ4v) is 1.50. The van der Waals surface area contributed by atoms with Crippen molar-refractivity contribution in [2.75, 3.05) is 6.61 Å². The van der Waals surface area contributed by atoms with Crippen LogP contribution in [0.15, 0.2) is 24.3 Å². The molecule has 1 aromatic carbocycles. The molecule has 8 heteroatoms. The third-order valence-corrected chi connectivity index (χ3v) is 2.38. The summed E-state index contributed by atoms with van der Waals surface area (Å²) in [7, 11) is 0. The first kappa shape index (κ1) is 19.3. The molecule has 0 heterocycles. The Morgan fingerprint density at radius 2 is 1.95 bits per heavy atom. The first-order valence-electron chi connectivity index (χ1n) is 5.72. The molecular weight excluding hydrogens is 289 g/mol. The van der Waals surface area contributed by atoms with E-state index in [1.54, 1.807) is 0 Å². The van der Waals surface area contributed by atoms with Crippen LogP contribution in [0.4, 0.5) is 5.69 Å². The van der Waals surface area contributed by atoms with Gasteiger partial charge >= 0.3 is 29.6 Å². The minimum atomic E-state index is -1.03. The van der Waals surface area contributed by atoms with Crippen molar-refractivity contribution in [3.63, 3.8) is 0 Å². The van der Waals surface area contributed by atoms with Crippen LogP contribution in [0.2, 0.25) is 0 Å². The van der Waals surface area contributed by atoms with Gasteiger partial charge in [-0.1, -0.05) is 12.1 Å². The van der Waals surface area contributed by atoms with Gasteiger partial charge in [0.25, 0.3) is 11.7 Å². The number of nitrogens with zero attached hydrogens (tertiary/aromatic N) is 1. The van der Waals surface area contributed by atoms with E-state index < -0.39 is 28.4 Å². The van der Waals surface area contributed by atoms with Gasteiger partial charge in [-0.25, -0.2) is 0 Å². The van der Waals surface area contributed by atoms with E-state index in [0.29, 0.717) is 0 Å². The minimum Gasteiger partial charge on any atom is -0.476 e. The molecule has 21 heavy (non-hydrogen) atoms. The van der Waals surface area contributed by atoms with Crippen LogP contribution in [0.3, 0.4) is 0 Å². The number of non-ortho nitro benzene ring substituents is 1. The van der Waals surface area contributed by atoms with Crippen LogP contribution >= 0.6 is 0 Å². The van der Waals surface area contributed by atoms with Gasteiger partial charge < -0.3 is 14.3 Å². The van der Waals surface area contributed by atoms with Crippen molar-refractivity contribution in [3.05, 3.63) is 45.9 Å². The second-order valence-electron chi connectivity index (χ2n) is 3.79. The number of carbonyl (C=O) groups is 3. The van der Waals surface area contributed by atoms with Gasteiger partial charge in [0.1, 0.15) is 0 Å². The molecule has 0 aromatic heterocycles. The smallest absolute Gasteiger partial charge is 0.476 e. The Morgan fingerprint density at radius 3 is 2.43 bits per heavy atom. The zero-order chi connectivity index (χ0) is 15.3. The molecule has 7 nitrogen and oxygen atoms in total. The molecule has 0 fully saturated rings. The SMILES string of the molecule is CCOC(=O)[C-](C(C)=O)C(=O)c1cccc([N+](=O)[O-])c1.[Na+]. The van der Waals surface area contributed by atoms with Crippen molar-refractivity contribution < 1.29 is 53.6 Å². The number of rotatable bonds is 6. The van der Waals surface area contributed by atoms with Crippen molar-refractivity contribution in [3.8, 4) is 0 Å². The van der Waals surface area contributed by atoms with Gasteiger partial charge in [-0.15, -0.1) is 11.6 Å². The van der Waals surface area contributed by atoms with Gasteiger partial charge in [-0.05, 0) is 19.8 Å². The van der Waals surface area contributed by atoms with Crippen LogP contribution in [0, 0.1) is 16.0 Å². The molecule has 0 spiro atoms. The second kappa shape index (κ2) is 8.56. The maximum atomic E-state index is 12.1. The van der Waals surface area contributed by atoms with Crippen molar-refractivity contribution in [1.29, 1.82) is 0 Å². The largest absolute Gasteiger partial charge is 1.00 e. The summed E-state index contributed by atoms with van der Waals surface area (Å²) in [5.41, 5.74) is -0.417. The Morgan fingerprint density at radius 1 is 1.33 bits per heavy atom. The third-order valence-electron chi connectivity index (χ3n) is 2.38. The Labute approximate surface area is 143 Å². The van der Waals surface area contributed by atoms with E-state index in [1.165, 1.54) is 25.1 Å². The van der Waals surface area contributed by atoms with Crippen LogP contribution in [0.1, 0.15) is 24.2 Å². The molecule has 0 radical (unpaired) electrons. The number of esters is 1. The fourth-order valence-electron chi connectivity index (χ4n) is 1.50. The maximum Gasteiger partial charge on any atom is 1.00 e. The molecule has 1 aromatic rings. The summed E-state index contributed by atoms with van der Waals surface area (Å²) in [5.74, 6) is -3.32. The van der Waals surface area contributed by atoms with Crippen molar-refractivity contribution in [2.24, 2.45) is 0 Å². The first-order chi connectivity index (χ1) is 9.38. The van der Waals surface area contributed by atoms with Crippen LogP contribution < -0.4 is 29.6 Å². The number of nitro benzene ring substituents is 1. The summed E-state index contributed by atoms with van der Waals surface area (Å²) >= 11 is 0. The molecule has 106 valence electrons. The maximum absolute atomic E-state index is 12.1. The molecule has 0 saturated heterocycles. The predicted octanol–water partition coefficient (Wildman–Crippen LogP) is -1.49. The fraction of sp³-hybridized carbons (Fsp3) is 0.231. The van der Waals surface area contributed by atoms with E-state index in [2.05, 4.69) is 4.74 Å². The quantitative estimate of drug-likeness (QED) is 0.121. The molecule has 0 bridgehead atoms. The van der Waals surface area contributed by atoms with Gasteiger partial charge in [0.2, 0.25) is 0 Å². The van der Waals surface area contributed by atoms with E-state index in [0.717, 1.165) is 13.0 Å². The van der Waals surface area contributed by atoms with Gasteiger partial charge in [0.05, 0.1) is 17.3 Å². The molecule has 0 amide bonds. The van der Waals surface area contributed by atoms with Crippen molar-refractivity contribution in [1.82, 2.24) is 0 Å². The summed E-state index contributed by atoms with van der Waals surface area (Å²) in [6.45, 7) is 2.60. The zero-order valence-corrected chi connectivity index (χ0v) is 13.9. The molecule has 0 atom stereocenters. The normalized spacial score (nSPS) is 9.24. The van der Waals surface area contributed by atoms with Gasteiger partial charge in [-0.3, -0.25) is 14.9 Å². The number of carbonyl (C=O) groups excluding carboxylic acids is 3. The van der Waals surface area contributed by atoms with Gasteiger partial charge in [0, 0.05) is 11.8 Å². The molecular formula is C13H12NNaO6. The number of nitro groups is 1. The molecule has 0 aliphatic carbocycles. The second-order valence-corrected chi connectivity index (χ2v) is 3.79. The van der Waals surface area contributed by atoms with Crippen molar-refractivity contribution >= 4 is 23.2 Å². The number of hydrogen-bond acceptors (Lipinski definition) is 6. The molecule has 1 rings (SSSR count). The molecule has 0 aliphatic heterocycles. The minimum absolute atomic E-state index is 0. The zero-order valence-electron chi connectivity index (χ0n) is 11.9. The van der Waals surface area contributed by atoms with Crippen LogP contribution in [-0.4, -0.2) is 29.1 Å². The summed E-state index contributed by atoms with van der Waals surface area (Å²) in [6, 6.07) is 4.80. The first-order valence-corrected chi connectivity index (χ1v) is 5.72. The monoisotopic (exact) mass is 301 g/mol. The van der Waals surface area contributed by atoms with Gasteiger partial charge in [0.15, 0.2) is 0 Å². The average molecular weight is 301 g/mol. The topological polar surface area (TPSA) is 104 Å². The van der Waals surface area contributed by atoms with E-state index in [-0.39, 0.29) is 47.4 Å². The molecule has 0 saturated carbocycles. The van der Waals surface area contributed by atoms with E-state index in [4.69, 9.17) is 0 Å². The van der Waals surface area contributed by atoms with E-state index >= 15 is 0 Å². The number of ether oxygens (including phenoxy) is 1. The Bertz CT molecular complexity index is 572. The van der Waals surface area contributed by atoms with Gasteiger partial charge in [-0.2, -0.15) is 0 Å². The van der Waals surface area contributed by atoms with Crippen molar-refractivity contribution in [2.45, 2.75) is 13.8 Å². The standard InChI is InChI=1S/C13H12NO6.Na/c1-3-20-13(17)11(8(2)15)12(16)9-5-4-6-10(7-9)14(18)19;/h4-7H,3H2,1-2H3;/q-1;+1. The number of ketones is 2. The third kappa shape index (κ3) is 4.96. The Balaban J connectivity index is 0.00000400. The van der Waals surface area contributed by atoms with Crippen LogP contribution in [0.5, 0.6) is 0 Å². The summed E-state index contributed by atoms with van der Waals surface area (Å²) in [5, 5.41) is 10.6. The average Bonchev–Trinajstić information content (AvgIpc) is 2.38. The molecule has 0 N–H and O–H groups in total. The summed E-state index contributed by atoms with van der Waals surface area (Å²) < 4.78 is 4.63. The van der Waals surface area contributed by atoms with Crippen LogP contribution in [-0.2, 0) is 14.3 Å². The predicted molar refractivity (Wildman–Crippen MR) is 68.0 cm³/mol. The van der Waals surface area contributed by atoms with Crippen LogP contribution in [0.25, 0.3) is 0 Å².